The zero-order chi connectivity index (χ0) is 13.0. The van der Waals surface area contributed by atoms with E-state index in [9.17, 15) is 0 Å². The Hall–Kier alpha value is -1.39. The Bertz CT molecular complexity index is 507. The molecule has 0 aliphatic heterocycles. The summed E-state index contributed by atoms with van der Waals surface area (Å²) in [6.07, 6.45) is 5.82. The summed E-state index contributed by atoms with van der Waals surface area (Å²) in [5.74, 6) is 0. The van der Waals surface area contributed by atoms with Crippen molar-refractivity contribution >= 4 is 5.65 Å². The number of aliphatic hydroxyl groups excluding tert-OH is 1. The van der Waals surface area contributed by atoms with E-state index in [2.05, 4.69) is 46.9 Å². The summed E-state index contributed by atoms with van der Waals surface area (Å²) >= 11 is 0. The summed E-state index contributed by atoms with van der Waals surface area (Å²) in [5.41, 5.74) is 3.39. The van der Waals surface area contributed by atoms with Gasteiger partial charge in [0.25, 0.3) is 0 Å². The van der Waals surface area contributed by atoms with Crippen LogP contribution in [0.1, 0.15) is 31.0 Å². The van der Waals surface area contributed by atoms with E-state index in [0.29, 0.717) is 6.04 Å². The zero-order valence-electron chi connectivity index (χ0n) is 11.1. The van der Waals surface area contributed by atoms with Crippen LogP contribution in [0.15, 0.2) is 24.5 Å². The monoisotopic (exact) mass is 247 g/mol. The maximum atomic E-state index is 8.79. The molecule has 2 aromatic heterocycles. The molecular weight excluding hydrogens is 226 g/mol. The van der Waals surface area contributed by atoms with Crippen molar-refractivity contribution in [2.45, 2.75) is 39.3 Å². The van der Waals surface area contributed by atoms with E-state index >= 15 is 0 Å². The molecule has 98 valence electrons. The number of aliphatic hydroxyl groups is 1. The van der Waals surface area contributed by atoms with Crippen molar-refractivity contribution in [3.63, 3.8) is 0 Å². The van der Waals surface area contributed by atoms with E-state index in [1.807, 2.05) is 6.20 Å². The van der Waals surface area contributed by atoms with E-state index in [1.165, 1.54) is 11.3 Å². The Morgan fingerprint density at radius 1 is 1.50 bits per heavy atom. The van der Waals surface area contributed by atoms with Gasteiger partial charge in [-0.2, -0.15) is 0 Å². The van der Waals surface area contributed by atoms with Gasteiger partial charge in [-0.05, 0) is 44.4 Å². The lowest BCUT2D eigenvalue weighted by Crippen LogP contribution is -2.26. The van der Waals surface area contributed by atoms with Gasteiger partial charge in [-0.15, -0.1) is 0 Å². The predicted molar refractivity (Wildman–Crippen MR) is 72.6 cm³/mol. The van der Waals surface area contributed by atoms with Crippen molar-refractivity contribution in [1.29, 1.82) is 0 Å². The maximum absolute atomic E-state index is 8.79. The number of imidazole rings is 1. The lowest BCUT2D eigenvalue weighted by molar-refractivity contribution is 0.276. The molecule has 0 aromatic carbocycles. The van der Waals surface area contributed by atoms with Gasteiger partial charge in [0.2, 0.25) is 0 Å². The van der Waals surface area contributed by atoms with Crippen molar-refractivity contribution in [2.75, 3.05) is 6.61 Å². The summed E-state index contributed by atoms with van der Waals surface area (Å²) in [6, 6.07) is 4.58. The minimum atomic E-state index is 0.265. The molecule has 0 aliphatic carbocycles. The molecule has 0 radical (unpaired) electrons. The minimum Gasteiger partial charge on any atom is -0.396 e. The van der Waals surface area contributed by atoms with Crippen LogP contribution in [0.4, 0.5) is 0 Å². The Morgan fingerprint density at radius 3 is 3.11 bits per heavy atom. The number of pyridine rings is 1. The number of aromatic nitrogens is 2. The molecule has 1 unspecified atom stereocenters. The van der Waals surface area contributed by atoms with Crippen LogP contribution < -0.4 is 5.32 Å². The quantitative estimate of drug-likeness (QED) is 0.819. The third-order valence-corrected chi connectivity index (χ3v) is 3.17. The van der Waals surface area contributed by atoms with Crippen LogP contribution in [-0.2, 0) is 6.54 Å². The van der Waals surface area contributed by atoms with E-state index in [1.54, 1.807) is 0 Å². The van der Waals surface area contributed by atoms with E-state index < -0.39 is 0 Å². The first kappa shape index (κ1) is 13.1. The molecule has 0 fully saturated rings. The second kappa shape index (κ2) is 5.98. The highest BCUT2D eigenvalue weighted by molar-refractivity contribution is 5.42. The molecule has 4 nitrogen and oxygen atoms in total. The fourth-order valence-corrected chi connectivity index (χ4v) is 2.04. The number of rotatable bonds is 6. The molecule has 18 heavy (non-hydrogen) atoms. The van der Waals surface area contributed by atoms with E-state index in [4.69, 9.17) is 5.11 Å². The molecular formula is C14H21N3O. The largest absolute Gasteiger partial charge is 0.396 e. The van der Waals surface area contributed by atoms with Gasteiger partial charge in [-0.25, -0.2) is 4.98 Å². The van der Waals surface area contributed by atoms with Crippen LogP contribution in [0.5, 0.6) is 0 Å². The fraction of sp³-hybridized carbons (Fsp3) is 0.500. The van der Waals surface area contributed by atoms with Gasteiger partial charge in [0.05, 0.1) is 11.9 Å². The number of aryl methyl sites for hydroxylation is 1. The SMILES string of the molecule is Cc1ccn2c(CNC(C)CCCO)cnc2c1. The van der Waals surface area contributed by atoms with Crippen LogP contribution >= 0.6 is 0 Å². The molecule has 0 saturated heterocycles. The Balaban J connectivity index is 1.99. The van der Waals surface area contributed by atoms with Crippen molar-refractivity contribution in [3.05, 3.63) is 35.8 Å². The molecule has 0 spiro atoms. The number of fused-ring (bicyclic) bond motifs is 1. The van der Waals surface area contributed by atoms with Crippen molar-refractivity contribution < 1.29 is 5.11 Å². The third kappa shape index (κ3) is 3.09. The Kier molecular flexibility index (Phi) is 4.33. The lowest BCUT2D eigenvalue weighted by atomic mass is 10.2. The van der Waals surface area contributed by atoms with Crippen LogP contribution in [0.3, 0.4) is 0 Å². The van der Waals surface area contributed by atoms with Crippen LogP contribution in [0.2, 0.25) is 0 Å². The number of nitrogens with zero attached hydrogens (tertiary/aromatic N) is 2. The summed E-state index contributed by atoms with van der Waals surface area (Å²) < 4.78 is 2.11. The van der Waals surface area contributed by atoms with Gasteiger partial charge in [0, 0.05) is 25.4 Å². The molecule has 4 heteroatoms. The average Bonchev–Trinajstić information content (AvgIpc) is 2.76. The van der Waals surface area contributed by atoms with Crippen LogP contribution in [-0.4, -0.2) is 27.1 Å². The zero-order valence-corrected chi connectivity index (χ0v) is 11.1. The number of nitrogens with one attached hydrogen (secondary N) is 1. The lowest BCUT2D eigenvalue weighted by Gasteiger charge is -2.12. The fourth-order valence-electron chi connectivity index (χ4n) is 2.04. The van der Waals surface area contributed by atoms with Gasteiger partial charge in [0.1, 0.15) is 5.65 Å². The summed E-state index contributed by atoms with van der Waals surface area (Å²) in [5, 5.41) is 12.2. The highest BCUT2D eigenvalue weighted by atomic mass is 16.2. The maximum Gasteiger partial charge on any atom is 0.137 e. The first-order chi connectivity index (χ1) is 8.70. The van der Waals surface area contributed by atoms with Crippen molar-refractivity contribution in [3.8, 4) is 0 Å². The molecule has 0 amide bonds. The molecule has 0 bridgehead atoms. The Morgan fingerprint density at radius 2 is 2.33 bits per heavy atom. The summed E-state index contributed by atoms with van der Waals surface area (Å²) in [6.45, 7) is 5.28. The smallest absolute Gasteiger partial charge is 0.137 e. The normalized spacial score (nSPS) is 13.1. The second-order valence-electron chi connectivity index (χ2n) is 4.83. The van der Waals surface area contributed by atoms with Gasteiger partial charge in [-0.3, -0.25) is 0 Å². The number of hydrogen-bond donors (Lipinski definition) is 2. The van der Waals surface area contributed by atoms with Crippen molar-refractivity contribution in [2.24, 2.45) is 0 Å². The van der Waals surface area contributed by atoms with Gasteiger partial charge >= 0.3 is 0 Å². The molecule has 0 aliphatic rings. The topological polar surface area (TPSA) is 49.6 Å². The second-order valence-corrected chi connectivity index (χ2v) is 4.83. The van der Waals surface area contributed by atoms with Crippen LogP contribution in [0, 0.1) is 6.92 Å². The van der Waals surface area contributed by atoms with Crippen LogP contribution in [0.25, 0.3) is 5.65 Å². The third-order valence-electron chi connectivity index (χ3n) is 3.17. The Labute approximate surface area is 108 Å². The minimum absolute atomic E-state index is 0.265. The van der Waals surface area contributed by atoms with Gasteiger partial charge < -0.3 is 14.8 Å². The molecule has 0 saturated carbocycles. The standard InChI is InChI=1S/C14H21N3O/c1-11-5-6-17-13(10-16-14(17)8-11)9-15-12(2)4-3-7-18/h5-6,8,10,12,15,18H,3-4,7,9H2,1-2H3. The van der Waals surface area contributed by atoms with E-state index in [-0.39, 0.29) is 6.61 Å². The van der Waals surface area contributed by atoms with Gasteiger partial charge in [0.15, 0.2) is 0 Å². The van der Waals surface area contributed by atoms with Crippen molar-refractivity contribution in [1.82, 2.24) is 14.7 Å². The first-order valence-electron chi connectivity index (χ1n) is 6.47. The van der Waals surface area contributed by atoms with Gasteiger partial charge in [-0.1, -0.05) is 0 Å². The molecule has 1 atom stereocenters. The highest BCUT2D eigenvalue weighted by Gasteiger charge is 2.05. The summed E-state index contributed by atoms with van der Waals surface area (Å²) in [4.78, 5) is 4.40. The predicted octanol–water partition coefficient (Wildman–Crippen LogP) is 1.89. The first-order valence-corrected chi connectivity index (χ1v) is 6.47. The number of hydrogen-bond acceptors (Lipinski definition) is 3. The van der Waals surface area contributed by atoms with E-state index in [0.717, 1.165) is 25.0 Å². The molecule has 2 aromatic rings. The molecule has 2 heterocycles. The molecule has 2 rings (SSSR count). The molecule has 2 N–H and O–H groups in total. The highest BCUT2D eigenvalue weighted by Crippen LogP contribution is 2.09. The average molecular weight is 247 g/mol. The summed E-state index contributed by atoms with van der Waals surface area (Å²) in [7, 11) is 0.